The van der Waals surface area contributed by atoms with Gasteiger partial charge >= 0.3 is 0 Å². The molecule has 1 aliphatic carbocycles. The summed E-state index contributed by atoms with van der Waals surface area (Å²) in [5, 5.41) is 14.4. The first-order chi connectivity index (χ1) is 10.2. The molecule has 1 N–H and O–H groups in total. The smallest absolute Gasteiger partial charge is 0.260 e. The lowest BCUT2D eigenvalue weighted by Crippen LogP contribution is -2.15. The molecule has 7 nitrogen and oxygen atoms in total. The Bertz CT molecular complexity index is 821. The molecule has 0 unspecified atom stereocenters. The zero-order valence-electron chi connectivity index (χ0n) is 11.4. The molecule has 0 bridgehead atoms. The summed E-state index contributed by atoms with van der Waals surface area (Å²) in [4.78, 5) is 12.5. The van der Waals surface area contributed by atoms with Crippen LogP contribution in [0.1, 0.15) is 40.9 Å². The largest absolute Gasteiger partial charge is 0.363 e. The van der Waals surface area contributed by atoms with Crippen molar-refractivity contribution in [2.75, 3.05) is 5.32 Å². The van der Waals surface area contributed by atoms with Crippen LogP contribution in [0.4, 0.5) is 5.82 Å². The molecular weight excluding hydrogens is 270 g/mol. The topological polar surface area (TPSA) is 85.3 Å². The molecule has 7 heteroatoms. The summed E-state index contributed by atoms with van der Waals surface area (Å²) in [6.07, 6.45) is 5.14. The van der Waals surface area contributed by atoms with Crippen molar-refractivity contribution in [2.24, 2.45) is 0 Å². The number of pyridine rings is 1. The van der Waals surface area contributed by atoms with E-state index in [0.29, 0.717) is 22.9 Å². The van der Waals surface area contributed by atoms with Crippen LogP contribution in [0.15, 0.2) is 29.2 Å². The zero-order valence-corrected chi connectivity index (χ0v) is 11.4. The molecule has 4 rings (SSSR count). The van der Waals surface area contributed by atoms with Gasteiger partial charge in [0.2, 0.25) is 0 Å². The summed E-state index contributed by atoms with van der Waals surface area (Å²) in [6.45, 7) is 2.17. The molecule has 0 saturated heterocycles. The van der Waals surface area contributed by atoms with E-state index in [4.69, 9.17) is 4.52 Å². The number of fused-ring (bicyclic) bond motifs is 3. The summed E-state index contributed by atoms with van der Waals surface area (Å²) in [5.74, 6) is 0.556. The van der Waals surface area contributed by atoms with Crippen molar-refractivity contribution >= 4 is 17.4 Å². The highest BCUT2D eigenvalue weighted by Gasteiger charge is 2.25. The number of nitrogens with zero attached hydrogens (tertiary/aromatic N) is 4. The van der Waals surface area contributed by atoms with Gasteiger partial charge in [0, 0.05) is 11.8 Å². The van der Waals surface area contributed by atoms with Crippen molar-refractivity contribution in [3.05, 3.63) is 41.5 Å². The summed E-state index contributed by atoms with van der Waals surface area (Å²) in [7, 11) is 0. The average molecular weight is 283 g/mol. The fourth-order valence-electron chi connectivity index (χ4n) is 2.89. The van der Waals surface area contributed by atoms with Crippen LogP contribution in [0.25, 0.3) is 5.65 Å². The number of carbonyl (C=O) groups excluding carboxylic acids is 1. The van der Waals surface area contributed by atoms with Crippen LogP contribution in [-0.4, -0.2) is 25.7 Å². The Morgan fingerprint density at radius 3 is 3.24 bits per heavy atom. The number of amides is 1. The van der Waals surface area contributed by atoms with E-state index in [-0.39, 0.29) is 5.91 Å². The van der Waals surface area contributed by atoms with Crippen molar-refractivity contribution < 1.29 is 9.32 Å². The number of hydrogen-bond donors (Lipinski definition) is 1. The molecule has 21 heavy (non-hydrogen) atoms. The minimum absolute atomic E-state index is 0.260. The van der Waals surface area contributed by atoms with Gasteiger partial charge in [0.05, 0.1) is 5.56 Å². The number of anilines is 1. The van der Waals surface area contributed by atoms with Crippen molar-refractivity contribution in [3.8, 4) is 0 Å². The fraction of sp³-hybridized carbons (Fsp3) is 0.286. The molecule has 0 saturated carbocycles. The molecule has 3 heterocycles. The average Bonchev–Trinajstić information content (AvgIpc) is 3.18. The molecule has 1 amide bonds. The highest BCUT2D eigenvalue weighted by molar-refractivity contribution is 6.08. The Morgan fingerprint density at radius 2 is 2.43 bits per heavy atom. The molecule has 0 spiro atoms. The minimum Gasteiger partial charge on any atom is -0.363 e. The first-order valence-corrected chi connectivity index (χ1v) is 6.81. The zero-order chi connectivity index (χ0) is 14.4. The van der Waals surface area contributed by atoms with Crippen molar-refractivity contribution in [1.29, 1.82) is 0 Å². The van der Waals surface area contributed by atoms with E-state index in [2.05, 4.69) is 27.6 Å². The summed E-state index contributed by atoms with van der Waals surface area (Å²) < 4.78 is 6.63. The molecule has 3 aromatic heterocycles. The van der Waals surface area contributed by atoms with Crippen LogP contribution in [0, 0.1) is 0 Å². The van der Waals surface area contributed by atoms with E-state index in [1.807, 2.05) is 10.5 Å². The van der Waals surface area contributed by atoms with Crippen LogP contribution < -0.4 is 5.32 Å². The second kappa shape index (κ2) is 4.41. The molecule has 1 aliphatic rings. The highest BCUT2D eigenvalue weighted by Crippen LogP contribution is 2.34. The van der Waals surface area contributed by atoms with Gasteiger partial charge < -0.3 is 9.84 Å². The minimum atomic E-state index is -0.260. The van der Waals surface area contributed by atoms with Crippen molar-refractivity contribution in [3.63, 3.8) is 0 Å². The van der Waals surface area contributed by atoms with Crippen LogP contribution >= 0.6 is 0 Å². The van der Waals surface area contributed by atoms with Crippen LogP contribution in [0.5, 0.6) is 0 Å². The third-order valence-corrected chi connectivity index (χ3v) is 3.98. The van der Waals surface area contributed by atoms with Gasteiger partial charge in [-0.05, 0) is 30.4 Å². The molecule has 3 aromatic rings. The van der Waals surface area contributed by atoms with Gasteiger partial charge in [-0.2, -0.15) is 0 Å². The predicted molar refractivity (Wildman–Crippen MR) is 74.2 cm³/mol. The van der Waals surface area contributed by atoms with Gasteiger partial charge in [-0.25, -0.2) is 0 Å². The summed E-state index contributed by atoms with van der Waals surface area (Å²) in [6, 6.07) is 3.52. The summed E-state index contributed by atoms with van der Waals surface area (Å²) >= 11 is 0. The quantitative estimate of drug-likeness (QED) is 0.777. The predicted octanol–water partition coefficient (Wildman–Crippen LogP) is 2.02. The SMILES string of the molecule is C[C@@H]1CCc2c1cc(C(=O)Nc1ccon1)c1nncn21. The van der Waals surface area contributed by atoms with Crippen LogP contribution in [0.2, 0.25) is 0 Å². The van der Waals surface area contributed by atoms with Gasteiger partial charge in [-0.3, -0.25) is 9.20 Å². The molecule has 0 aromatic carbocycles. The molecule has 0 fully saturated rings. The number of aromatic nitrogens is 4. The van der Waals surface area contributed by atoms with E-state index in [1.165, 1.54) is 17.5 Å². The third kappa shape index (κ3) is 1.81. The highest BCUT2D eigenvalue weighted by atomic mass is 16.5. The first-order valence-electron chi connectivity index (χ1n) is 6.81. The normalized spacial score (nSPS) is 17.1. The molecule has 1 atom stereocenters. The maximum Gasteiger partial charge on any atom is 0.260 e. The van der Waals surface area contributed by atoms with Gasteiger partial charge in [0.1, 0.15) is 12.6 Å². The van der Waals surface area contributed by atoms with Gasteiger partial charge in [-0.1, -0.05) is 12.1 Å². The van der Waals surface area contributed by atoms with E-state index in [1.54, 1.807) is 12.4 Å². The lowest BCUT2D eigenvalue weighted by atomic mass is 10.0. The number of rotatable bonds is 2. The van der Waals surface area contributed by atoms with E-state index in [0.717, 1.165) is 12.8 Å². The number of nitrogens with one attached hydrogen (secondary N) is 1. The first kappa shape index (κ1) is 12.1. The number of aryl methyl sites for hydroxylation is 1. The molecule has 0 radical (unpaired) electrons. The maximum absolute atomic E-state index is 12.5. The Hall–Kier alpha value is -2.70. The second-order valence-corrected chi connectivity index (χ2v) is 5.26. The second-order valence-electron chi connectivity index (χ2n) is 5.26. The van der Waals surface area contributed by atoms with Gasteiger partial charge in [0.15, 0.2) is 11.5 Å². The lowest BCUT2D eigenvalue weighted by molar-refractivity contribution is 0.102. The van der Waals surface area contributed by atoms with Gasteiger partial charge in [-0.15, -0.1) is 10.2 Å². The fourth-order valence-corrected chi connectivity index (χ4v) is 2.89. The van der Waals surface area contributed by atoms with Gasteiger partial charge in [0.25, 0.3) is 5.91 Å². The Balaban J connectivity index is 1.83. The number of carbonyl (C=O) groups is 1. The van der Waals surface area contributed by atoms with Crippen molar-refractivity contribution in [1.82, 2.24) is 19.8 Å². The Kier molecular flexibility index (Phi) is 2.53. The summed E-state index contributed by atoms with van der Waals surface area (Å²) in [5.41, 5.74) is 3.46. The molecule has 0 aliphatic heterocycles. The monoisotopic (exact) mass is 283 g/mol. The Labute approximate surface area is 120 Å². The molecule has 106 valence electrons. The van der Waals surface area contributed by atoms with Crippen molar-refractivity contribution in [2.45, 2.75) is 25.7 Å². The lowest BCUT2D eigenvalue weighted by Gasteiger charge is -2.10. The van der Waals surface area contributed by atoms with Crippen LogP contribution in [-0.2, 0) is 6.42 Å². The third-order valence-electron chi connectivity index (χ3n) is 3.98. The number of hydrogen-bond acceptors (Lipinski definition) is 5. The van der Waals surface area contributed by atoms with Crippen LogP contribution in [0.3, 0.4) is 0 Å². The van der Waals surface area contributed by atoms with E-state index < -0.39 is 0 Å². The van der Waals surface area contributed by atoms with E-state index >= 15 is 0 Å². The molecular formula is C14H13N5O2. The Morgan fingerprint density at radius 1 is 1.52 bits per heavy atom. The maximum atomic E-state index is 12.5. The van der Waals surface area contributed by atoms with E-state index in [9.17, 15) is 4.79 Å². The standard InChI is InChI=1S/C14H13N5O2/c1-8-2-3-11-9(8)6-10(13-17-15-7-19(11)13)14(20)16-12-4-5-21-18-12/h4-8H,2-3H2,1H3,(H,16,18,20)/t8-/m1/s1.